The molecule has 5 heterocycles. The Hall–Kier alpha value is -6.46. The van der Waals surface area contributed by atoms with Crippen molar-refractivity contribution in [1.82, 2.24) is 9.05 Å². The number of rotatable bonds is 2. The van der Waals surface area contributed by atoms with Gasteiger partial charge in [0.1, 0.15) is 5.58 Å². The molecule has 0 saturated heterocycles. The molecule has 0 radical (unpaired) electrons. The van der Waals surface area contributed by atoms with Gasteiger partial charge in [-0.05, 0) is 105 Å². The lowest BCUT2D eigenvalue weighted by Gasteiger charge is -2.39. The summed E-state index contributed by atoms with van der Waals surface area (Å²) < 4.78 is 12.5. The molecule has 5 heteroatoms. The Morgan fingerprint density at radius 3 is 1.80 bits per heavy atom. The molecule has 12 rings (SSSR count). The number of fused-ring (bicyclic) bond motifs is 13. The maximum Gasteiger partial charge on any atom is 0.337 e. The third-order valence-corrected chi connectivity index (χ3v) is 13.7. The summed E-state index contributed by atoms with van der Waals surface area (Å²) in [7, 11) is 0. The van der Waals surface area contributed by atoms with Crippen LogP contribution in [-0.4, -0.2) is 15.9 Å². The highest BCUT2D eigenvalue weighted by atomic mass is 16.4. The van der Waals surface area contributed by atoms with E-state index in [1.54, 1.807) is 0 Å². The largest absolute Gasteiger partial charge is 0.440 e. The van der Waals surface area contributed by atoms with Crippen molar-refractivity contribution in [3.63, 3.8) is 0 Å². The molecule has 3 aromatic heterocycles. The van der Waals surface area contributed by atoms with Gasteiger partial charge in [-0.15, -0.1) is 0 Å². The van der Waals surface area contributed by atoms with Gasteiger partial charge in [0.15, 0.2) is 0 Å². The molecule has 0 N–H and O–H groups in total. The van der Waals surface area contributed by atoms with Crippen LogP contribution in [0.4, 0.5) is 17.3 Å². The first kappa shape index (κ1) is 36.4. The Balaban J connectivity index is 1.30. The lowest BCUT2D eigenvalue weighted by molar-refractivity contribution is 0.588. The first-order chi connectivity index (χ1) is 29.2. The van der Waals surface area contributed by atoms with Crippen molar-refractivity contribution in [2.45, 2.75) is 78.6 Å². The molecular weight excluding hydrogens is 741 g/mol. The van der Waals surface area contributed by atoms with Gasteiger partial charge in [-0.1, -0.05) is 141 Å². The van der Waals surface area contributed by atoms with Crippen LogP contribution in [0.25, 0.3) is 71.4 Å². The zero-order valence-corrected chi connectivity index (χ0v) is 36.6. The number of para-hydroxylation sites is 3. The second-order valence-electron chi connectivity index (χ2n) is 20.6. The number of anilines is 3. The van der Waals surface area contributed by atoms with Crippen molar-refractivity contribution in [2.24, 2.45) is 0 Å². The van der Waals surface area contributed by atoms with Gasteiger partial charge in [-0.3, -0.25) is 4.90 Å². The average Bonchev–Trinajstić information content (AvgIpc) is 3.89. The lowest BCUT2D eigenvalue weighted by Crippen LogP contribution is -2.56. The minimum atomic E-state index is -0.141. The zero-order valence-electron chi connectivity index (χ0n) is 36.6. The van der Waals surface area contributed by atoms with Crippen LogP contribution in [0.15, 0.2) is 144 Å². The van der Waals surface area contributed by atoms with Gasteiger partial charge in [0.25, 0.3) is 0 Å². The summed E-state index contributed by atoms with van der Waals surface area (Å²) in [6.45, 7) is 20.7. The van der Waals surface area contributed by atoms with Gasteiger partial charge in [0.2, 0.25) is 5.88 Å². The first-order valence-electron chi connectivity index (χ1n) is 21.9. The molecule has 0 unspecified atom stereocenters. The lowest BCUT2D eigenvalue weighted by atomic mass is 9.45. The van der Waals surface area contributed by atoms with Crippen LogP contribution in [0.5, 0.6) is 0 Å². The van der Waals surface area contributed by atoms with Crippen molar-refractivity contribution < 1.29 is 4.42 Å². The van der Waals surface area contributed by atoms with Crippen LogP contribution in [0, 0.1) is 0 Å². The van der Waals surface area contributed by atoms with E-state index in [1.807, 2.05) is 0 Å². The van der Waals surface area contributed by atoms with Gasteiger partial charge in [0, 0.05) is 66.1 Å². The predicted molar refractivity (Wildman–Crippen MR) is 260 cm³/mol. The minimum absolute atomic E-state index is 0.0320. The standard InChI is InChI=1S/C56H50BN3O/c1-54(2,3)33-23-26-37(27-24-33)59-46-31-35(56(7,8)9)30-40-42-32-41-38-19-13-15-21-44(38)58(36-17-11-10-12-18-36)51(41)48-39-20-14-16-22-45(39)60(52(42)48)57(49(40)46)50-43-29-34(55(4,5)6)25-28-47(43)61-53(50)59/h10-32H,1-9H3. The van der Waals surface area contributed by atoms with Gasteiger partial charge in [-0.25, -0.2) is 0 Å². The Kier molecular flexibility index (Phi) is 7.22. The summed E-state index contributed by atoms with van der Waals surface area (Å²) in [6, 6.07) is 52.6. The fourth-order valence-corrected chi connectivity index (χ4v) is 10.6. The normalized spacial score (nSPS) is 13.9. The summed E-state index contributed by atoms with van der Waals surface area (Å²) in [5, 5.41) is 6.26. The summed E-state index contributed by atoms with van der Waals surface area (Å²) in [4.78, 5) is 2.44. The van der Waals surface area contributed by atoms with Crippen LogP contribution in [0.3, 0.4) is 0 Å². The number of nitrogens with zero attached hydrogens (tertiary/aromatic N) is 3. The van der Waals surface area contributed by atoms with Crippen molar-refractivity contribution in [2.75, 3.05) is 4.90 Å². The van der Waals surface area contributed by atoms with Crippen molar-refractivity contribution in [3.05, 3.63) is 156 Å². The second-order valence-corrected chi connectivity index (χ2v) is 20.6. The molecule has 61 heavy (non-hydrogen) atoms. The molecule has 7 aromatic carbocycles. The highest BCUT2D eigenvalue weighted by Gasteiger charge is 2.47. The van der Waals surface area contributed by atoms with Gasteiger partial charge in [-0.2, -0.15) is 0 Å². The van der Waals surface area contributed by atoms with Gasteiger partial charge in [0.05, 0.1) is 11.0 Å². The van der Waals surface area contributed by atoms with E-state index in [-0.39, 0.29) is 23.1 Å². The molecular formula is C56H50BN3O. The number of benzene rings is 7. The van der Waals surface area contributed by atoms with Crippen molar-refractivity contribution in [1.29, 1.82) is 0 Å². The number of hydrogen-bond acceptors (Lipinski definition) is 2. The first-order valence-corrected chi connectivity index (χ1v) is 21.9. The number of aromatic nitrogens is 2. The van der Waals surface area contributed by atoms with E-state index in [0.717, 1.165) is 22.8 Å². The van der Waals surface area contributed by atoms with Crippen LogP contribution >= 0.6 is 0 Å². The van der Waals surface area contributed by atoms with E-state index < -0.39 is 0 Å². The van der Waals surface area contributed by atoms with E-state index in [1.165, 1.54) is 93.4 Å². The van der Waals surface area contributed by atoms with Gasteiger partial charge >= 0.3 is 6.85 Å². The molecule has 2 aliphatic heterocycles. The Morgan fingerprint density at radius 1 is 0.459 bits per heavy atom. The summed E-state index contributed by atoms with van der Waals surface area (Å²) in [6.07, 6.45) is 0. The fraction of sp³-hybridized carbons (Fsp3) is 0.214. The minimum Gasteiger partial charge on any atom is -0.440 e. The Morgan fingerprint density at radius 2 is 1.10 bits per heavy atom. The van der Waals surface area contributed by atoms with E-state index in [4.69, 9.17) is 4.42 Å². The fourth-order valence-electron chi connectivity index (χ4n) is 10.6. The Labute approximate surface area is 358 Å². The maximum atomic E-state index is 7.27. The third kappa shape index (κ3) is 5.01. The molecule has 0 atom stereocenters. The number of hydrogen-bond donors (Lipinski definition) is 0. The summed E-state index contributed by atoms with van der Waals surface area (Å²) in [5.74, 6) is 0.896. The van der Waals surface area contributed by atoms with E-state index in [2.05, 4.69) is 216 Å². The van der Waals surface area contributed by atoms with E-state index in [0.29, 0.717) is 0 Å². The molecule has 0 bridgehead atoms. The summed E-state index contributed by atoms with van der Waals surface area (Å²) in [5.41, 5.74) is 18.2. The maximum absolute atomic E-state index is 7.27. The molecule has 10 aromatic rings. The average molecular weight is 792 g/mol. The van der Waals surface area contributed by atoms with Crippen LogP contribution < -0.4 is 15.8 Å². The van der Waals surface area contributed by atoms with Crippen molar-refractivity contribution >= 4 is 89.6 Å². The van der Waals surface area contributed by atoms with Crippen LogP contribution in [-0.2, 0) is 16.2 Å². The molecule has 0 spiro atoms. The van der Waals surface area contributed by atoms with Crippen LogP contribution in [0.2, 0.25) is 0 Å². The molecule has 298 valence electrons. The number of furan rings is 1. The predicted octanol–water partition coefficient (Wildman–Crippen LogP) is 13.9. The molecule has 2 aliphatic rings. The quantitative estimate of drug-likeness (QED) is 0.163. The van der Waals surface area contributed by atoms with Crippen molar-refractivity contribution in [3.8, 4) is 16.8 Å². The third-order valence-electron chi connectivity index (χ3n) is 13.7. The topological polar surface area (TPSA) is 26.2 Å². The summed E-state index contributed by atoms with van der Waals surface area (Å²) >= 11 is 0. The van der Waals surface area contributed by atoms with Crippen LogP contribution in [0.1, 0.15) is 79.0 Å². The molecule has 0 saturated carbocycles. The smallest absolute Gasteiger partial charge is 0.337 e. The molecule has 0 amide bonds. The molecule has 4 nitrogen and oxygen atoms in total. The highest BCUT2D eigenvalue weighted by Crippen LogP contribution is 2.51. The molecule has 0 fully saturated rings. The molecule has 0 aliphatic carbocycles. The Bertz CT molecular complexity index is 3470. The van der Waals surface area contributed by atoms with E-state index in [9.17, 15) is 0 Å². The second kappa shape index (κ2) is 12.1. The zero-order chi connectivity index (χ0) is 41.9. The SMILES string of the molecule is CC(C)(C)c1ccc(N2c3cc(C(C)(C)C)cc4c3B(c3c2oc2ccc(C(C)(C)C)cc32)n2c3ccccc3c3c2c-4cc2c4ccccc4n(-c4ccccc4)c23)cc1. The monoisotopic (exact) mass is 791 g/mol. The van der Waals surface area contributed by atoms with E-state index >= 15 is 0 Å². The van der Waals surface area contributed by atoms with Gasteiger partial charge < -0.3 is 13.5 Å². The highest BCUT2D eigenvalue weighted by molar-refractivity contribution is 6.91.